The first-order valence-corrected chi connectivity index (χ1v) is 8.52. The van der Waals surface area contributed by atoms with Crippen LogP contribution in [-0.4, -0.2) is 19.6 Å². The number of benzene rings is 2. The smallest absolute Gasteiger partial charge is 0.267 e. The molecular formula is C19H17Cl2N3O2. The average molecular weight is 390 g/mol. The van der Waals surface area contributed by atoms with Gasteiger partial charge in [-0.25, -0.2) is 0 Å². The predicted molar refractivity (Wildman–Crippen MR) is 103 cm³/mol. The SMILES string of the molecule is COc1ccc(NC(=O)/C(C#N)=C\NCCc2ccccc2Cl)cc1Cl. The summed E-state index contributed by atoms with van der Waals surface area (Å²) < 4.78 is 5.06. The fraction of sp³-hybridized carbons (Fsp3) is 0.158. The second kappa shape index (κ2) is 9.71. The lowest BCUT2D eigenvalue weighted by atomic mass is 10.1. The van der Waals surface area contributed by atoms with Gasteiger partial charge >= 0.3 is 0 Å². The van der Waals surface area contributed by atoms with Crippen molar-refractivity contribution < 1.29 is 9.53 Å². The van der Waals surface area contributed by atoms with Crippen LogP contribution < -0.4 is 15.4 Å². The Kier molecular flexibility index (Phi) is 7.34. The minimum absolute atomic E-state index is 0.0453. The van der Waals surface area contributed by atoms with Crippen LogP contribution in [0.2, 0.25) is 10.0 Å². The number of ether oxygens (including phenoxy) is 1. The molecule has 0 radical (unpaired) electrons. The van der Waals surface area contributed by atoms with Crippen molar-refractivity contribution in [3.05, 3.63) is 69.8 Å². The van der Waals surface area contributed by atoms with Crippen molar-refractivity contribution in [3.63, 3.8) is 0 Å². The van der Waals surface area contributed by atoms with Crippen molar-refractivity contribution in [2.45, 2.75) is 6.42 Å². The lowest BCUT2D eigenvalue weighted by Gasteiger charge is -2.08. The van der Waals surface area contributed by atoms with E-state index in [0.717, 1.165) is 5.56 Å². The Bertz CT molecular complexity index is 860. The summed E-state index contributed by atoms with van der Waals surface area (Å²) in [6.07, 6.45) is 2.06. The molecule has 26 heavy (non-hydrogen) atoms. The van der Waals surface area contributed by atoms with Crippen LogP contribution in [0.4, 0.5) is 5.69 Å². The quantitative estimate of drug-likeness (QED) is 0.423. The highest BCUT2D eigenvalue weighted by Crippen LogP contribution is 2.27. The molecule has 0 bridgehead atoms. The van der Waals surface area contributed by atoms with Gasteiger partial charge in [0.1, 0.15) is 17.4 Å². The zero-order valence-electron chi connectivity index (χ0n) is 14.1. The number of methoxy groups -OCH3 is 1. The van der Waals surface area contributed by atoms with Crippen LogP contribution in [-0.2, 0) is 11.2 Å². The Balaban J connectivity index is 1.93. The van der Waals surface area contributed by atoms with Crippen molar-refractivity contribution in [3.8, 4) is 11.8 Å². The number of hydrogen-bond acceptors (Lipinski definition) is 4. The van der Waals surface area contributed by atoms with E-state index in [9.17, 15) is 10.1 Å². The average Bonchev–Trinajstić information content (AvgIpc) is 2.63. The Morgan fingerprint density at radius 3 is 2.65 bits per heavy atom. The summed E-state index contributed by atoms with van der Waals surface area (Å²) in [5, 5.41) is 15.8. The number of carbonyl (C=O) groups excluding carboxylic acids is 1. The van der Waals surface area contributed by atoms with Crippen LogP contribution in [0, 0.1) is 11.3 Å². The molecule has 0 aliphatic carbocycles. The summed E-state index contributed by atoms with van der Waals surface area (Å²) in [6.45, 7) is 0.538. The highest BCUT2D eigenvalue weighted by molar-refractivity contribution is 6.32. The molecule has 0 aromatic heterocycles. The van der Waals surface area contributed by atoms with Crippen molar-refractivity contribution in [1.29, 1.82) is 5.26 Å². The number of nitrogens with one attached hydrogen (secondary N) is 2. The lowest BCUT2D eigenvalue weighted by Crippen LogP contribution is -2.18. The third-order valence-electron chi connectivity index (χ3n) is 3.52. The first-order valence-electron chi connectivity index (χ1n) is 7.77. The van der Waals surface area contributed by atoms with Crippen LogP contribution in [0.25, 0.3) is 0 Å². The standard InChI is InChI=1S/C19H17Cl2N3O2/c1-26-18-7-6-15(10-17(18)21)24-19(25)14(11-22)12-23-9-8-13-4-2-3-5-16(13)20/h2-7,10,12,23H,8-9H2,1H3,(H,24,25)/b14-12-. The second-order valence-electron chi connectivity index (χ2n) is 5.27. The first-order chi connectivity index (χ1) is 12.5. The van der Waals surface area contributed by atoms with Gasteiger partial charge in [0.05, 0.1) is 12.1 Å². The topological polar surface area (TPSA) is 74.1 Å². The summed E-state index contributed by atoms with van der Waals surface area (Å²) in [6, 6.07) is 14.2. The van der Waals surface area contributed by atoms with E-state index in [1.54, 1.807) is 18.2 Å². The molecular weight excluding hydrogens is 373 g/mol. The van der Waals surface area contributed by atoms with Crippen LogP contribution in [0.5, 0.6) is 5.75 Å². The number of hydrogen-bond donors (Lipinski definition) is 2. The van der Waals surface area contributed by atoms with Gasteiger partial charge in [-0.2, -0.15) is 5.26 Å². The van der Waals surface area contributed by atoms with Crippen LogP contribution >= 0.6 is 23.2 Å². The van der Waals surface area contributed by atoms with E-state index < -0.39 is 5.91 Å². The van der Waals surface area contributed by atoms with Crippen molar-refractivity contribution >= 4 is 34.8 Å². The van der Waals surface area contributed by atoms with E-state index in [1.807, 2.05) is 30.3 Å². The number of halogens is 2. The van der Waals surface area contributed by atoms with Gasteiger partial charge in [0, 0.05) is 23.5 Å². The number of anilines is 1. The summed E-state index contributed by atoms with van der Waals surface area (Å²) in [7, 11) is 1.50. The number of nitriles is 1. The van der Waals surface area contributed by atoms with Crippen molar-refractivity contribution in [1.82, 2.24) is 5.32 Å². The zero-order chi connectivity index (χ0) is 18.9. The molecule has 5 nitrogen and oxygen atoms in total. The van der Waals surface area contributed by atoms with Gasteiger partial charge < -0.3 is 15.4 Å². The Morgan fingerprint density at radius 2 is 2.00 bits per heavy atom. The Hall–Kier alpha value is -2.68. The lowest BCUT2D eigenvalue weighted by molar-refractivity contribution is -0.112. The molecule has 0 unspecified atom stereocenters. The Labute approximate surface area is 162 Å². The monoisotopic (exact) mass is 389 g/mol. The van der Waals surface area contributed by atoms with E-state index >= 15 is 0 Å². The largest absolute Gasteiger partial charge is 0.495 e. The van der Waals surface area contributed by atoms with Crippen LogP contribution in [0.1, 0.15) is 5.56 Å². The molecule has 2 N–H and O–H groups in total. The minimum atomic E-state index is -0.529. The third-order valence-corrected chi connectivity index (χ3v) is 4.18. The molecule has 0 aliphatic heterocycles. The molecule has 0 spiro atoms. The molecule has 1 amide bonds. The minimum Gasteiger partial charge on any atom is -0.495 e. The number of amides is 1. The molecule has 0 fully saturated rings. The molecule has 7 heteroatoms. The maximum absolute atomic E-state index is 12.2. The maximum Gasteiger partial charge on any atom is 0.267 e. The maximum atomic E-state index is 12.2. The zero-order valence-corrected chi connectivity index (χ0v) is 15.6. The van der Waals surface area contributed by atoms with E-state index in [-0.39, 0.29) is 5.57 Å². The number of nitrogens with zero attached hydrogens (tertiary/aromatic N) is 1. The van der Waals surface area contributed by atoms with Crippen molar-refractivity contribution in [2.24, 2.45) is 0 Å². The van der Waals surface area contributed by atoms with Gasteiger partial charge in [0.2, 0.25) is 0 Å². The van der Waals surface area contributed by atoms with E-state index in [4.69, 9.17) is 27.9 Å². The summed E-state index contributed by atoms with van der Waals surface area (Å²) in [5.41, 5.74) is 1.42. The number of rotatable bonds is 7. The molecule has 0 aliphatic rings. The van der Waals surface area contributed by atoms with Crippen LogP contribution in [0.15, 0.2) is 54.2 Å². The molecule has 2 aromatic carbocycles. The molecule has 134 valence electrons. The molecule has 2 aromatic rings. The van der Waals surface area contributed by atoms with Crippen molar-refractivity contribution in [2.75, 3.05) is 19.0 Å². The van der Waals surface area contributed by atoms with Crippen LogP contribution in [0.3, 0.4) is 0 Å². The molecule has 0 heterocycles. The predicted octanol–water partition coefficient (Wildman–Crippen LogP) is 4.18. The summed E-state index contributed by atoms with van der Waals surface area (Å²) in [5.74, 6) is -0.0269. The highest BCUT2D eigenvalue weighted by atomic mass is 35.5. The van der Waals surface area contributed by atoms with E-state index in [2.05, 4.69) is 10.6 Å². The first kappa shape index (κ1) is 19.6. The normalized spacial score (nSPS) is 10.8. The fourth-order valence-corrected chi connectivity index (χ4v) is 2.66. The van der Waals surface area contributed by atoms with E-state index in [1.165, 1.54) is 13.3 Å². The fourth-order valence-electron chi connectivity index (χ4n) is 2.17. The van der Waals surface area contributed by atoms with E-state index in [0.29, 0.717) is 34.4 Å². The summed E-state index contributed by atoms with van der Waals surface area (Å²) in [4.78, 5) is 12.2. The second-order valence-corrected chi connectivity index (χ2v) is 6.08. The molecule has 0 saturated carbocycles. The van der Waals surface area contributed by atoms with Gasteiger partial charge in [0.25, 0.3) is 5.91 Å². The van der Waals surface area contributed by atoms with Gasteiger partial charge in [-0.15, -0.1) is 0 Å². The third kappa shape index (κ3) is 5.41. The highest BCUT2D eigenvalue weighted by Gasteiger charge is 2.10. The summed E-state index contributed by atoms with van der Waals surface area (Å²) >= 11 is 12.1. The van der Waals surface area contributed by atoms with Gasteiger partial charge in [-0.05, 0) is 36.2 Å². The van der Waals surface area contributed by atoms with Gasteiger partial charge in [0.15, 0.2) is 0 Å². The van der Waals surface area contributed by atoms with Gasteiger partial charge in [-0.1, -0.05) is 41.4 Å². The molecule has 0 atom stereocenters. The number of carbonyl (C=O) groups is 1. The van der Waals surface area contributed by atoms with Gasteiger partial charge in [-0.3, -0.25) is 4.79 Å². The Morgan fingerprint density at radius 1 is 1.23 bits per heavy atom. The molecule has 2 rings (SSSR count). The molecule has 0 saturated heterocycles.